The highest BCUT2D eigenvalue weighted by Crippen LogP contribution is 2.29. The number of benzene rings is 1. The first-order chi connectivity index (χ1) is 9.97. The molecule has 1 aromatic heterocycles. The average molecular weight is 348 g/mol. The average Bonchev–Trinajstić information content (AvgIpc) is 2.97. The van der Waals surface area contributed by atoms with Crippen LogP contribution in [0.4, 0.5) is 0 Å². The number of halogens is 3. The van der Waals surface area contributed by atoms with E-state index in [0.717, 1.165) is 5.56 Å². The summed E-state index contributed by atoms with van der Waals surface area (Å²) in [6, 6.07) is 12.7. The number of amides is 1. The Morgan fingerprint density at radius 1 is 1.14 bits per heavy atom. The molecule has 1 atom stereocenters. The Balaban J connectivity index is 2.00. The van der Waals surface area contributed by atoms with Crippen LogP contribution in [0.5, 0.6) is 0 Å². The van der Waals surface area contributed by atoms with Crippen molar-refractivity contribution in [2.24, 2.45) is 0 Å². The third-order valence-corrected chi connectivity index (χ3v) is 3.36. The molecule has 0 saturated heterocycles. The molecule has 0 saturated carbocycles. The van der Waals surface area contributed by atoms with Gasteiger partial charge in [-0.3, -0.25) is 10.1 Å². The van der Waals surface area contributed by atoms with E-state index in [1.165, 1.54) is 12.3 Å². The third kappa shape index (κ3) is 4.93. The maximum atomic E-state index is 12.0. The monoisotopic (exact) mass is 346 g/mol. The van der Waals surface area contributed by atoms with Gasteiger partial charge in [0.2, 0.25) is 3.79 Å². The van der Waals surface area contributed by atoms with E-state index >= 15 is 0 Å². The molecular formula is C14H13Cl3N2O2. The standard InChI is InChI=1S/C14H13Cl3N2O2/c15-14(16,17)13(18-9-10-5-2-1-3-6-10)19-12(20)11-7-4-8-21-11/h1-8,13,18H,9H2,(H,19,20). The lowest BCUT2D eigenvalue weighted by molar-refractivity contribution is 0.0901. The normalized spacial score (nSPS) is 12.9. The van der Waals surface area contributed by atoms with Crippen molar-refractivity contribution in [2.75, 3.05) is 0 Å². The Hall–Kier alpha value is -1.20. The Morgan fingerprint density at radius 3 is 2.43 bits per heavy atom. The Morgan fingerprint density at radius 2 is 1.86 bits per heavy atom. The van der Waals surface area contributed by atoms with Crippen LogP contribution in [0.15, 0.2) is 53.1 Å². The molecular weight excluding hydrogens is 335 g/mol. The van der Waals surface area contributed by atoms with E-state index < -0.39 is 15.9 Å². The molecule has 1 amide bonds. The predicted molar refractivity (Wildman–Crippen MR) is 83.5 cm³/mol. The van der Waals surface area contributed by atoms with Gasteiger partial charge in [-0.25, -0.2) is 0 Å². The highest BCUT2D eigenvalue weighted by Gasteiger charge is 2.34. The summed E-state index contributed by atoms with van der Waals surface area (Å²) in [4.78, 5) is 12.0. The van der Waals surface area contributed by atoms with Gasteiger partial charge in [0, 0.05) is 6.54 Å². The van der Waals surface area contributed by atoms with Crippen LogP contribution in [0, 0.1) is 0 Å². The van der Waals surface area contributed by atoms with Crippen molar-refractivity contribution in [1.82, 2.24) is 10.6 Å². The second kappa shape index (κ2) is 7.18. The number of furan rings is 1. The van der Waals surface area contributed by atoms with Crippen molar-refractivity contribution in [1.29, 1.82) is 0 Å². The van der Waals surface area contributed by atoms with Gasteiger partial charge in [0.05, 0.1) is 6.26 Å². The van der Waals surface area contributed by atoms with Gasteiger partial charge >= 0.3 is 0 Å². The second-order valence-corrected chi connectivity index (χ2v) is 6.66. The lowest BCUT2D eigenvalue weighted by Crippen LogP contribution is -2.53. The SMILES string of the molecule is O=C(NC(NCc1ccccc1)C(Cl)(Cl)Cl)c1ccco1. The van der Waals surface area contributed by atoms with Crippen LogP contribution >= 0.6 is 34.8 Å². The first-order valence-electron chi connectivity index (χ1n) is 6.15. The number of carbonyl (C=O) groups excluding carboxylic acids is 1. The summed E-state index contributed by atoms with van der Waals surface area (Å²) < 4.78 is 3.31. The van der Waals surface area contributed by atoms with E-state index in [1.807, 2.05) is 30.3 Å². The van der Waals surface area contributed by atoms with Gasteiger partial charge in [-0.05, 0) is 17.7 Å². The van der Waals surface area contributed by atoms with Gasteiger partial charge in [-0.1, -0.05) is 65.1 Å². The number of alkyl halides is 3. The maximum Gasteiger partial charge on any atom is 0.288 e. The first-order valence-corrected chi connectivity index (χ1v) is 7.28. The zero-order chi connectivity index (χ0) is 15.3. The van der Waals surface area contributed by atoms with E-state index in [1.54, 1.807) is 6.07 Å². The Kier molecular flexibility index (Phi) is 5.53. The number of rotatable bonds is 5. The molecule has 0 aliphatic rings. The van der Waals surface area contributed by atoms with Crippen molar-refractivity contribution in [3.8, 4) is 0 Å². The van der Waals surface area contributed by atoms with Gasteiger partial charge in [-0.2, -0.15) is 0 Å². The zero-order valence-electron chi connectivity index (χ0n) is 10.9. The minimum atomic E-state index is -1.70. The molecule has 4 nitrogen and oxygen atoms in total. The van der Waals surface area contributed by atoms with Gasteiger partial charge < -0.3 is 9.73 Å². The van der Waals surface area contributed by atoms with Gasteiger partial charge in [0.15, 0.2) is 5.76 Å². The molecule has 0 bridgehead atoms. The highest BCUT2D eigenvalue weighted by atomic mass is 35.6. The smallest absolute Gasteiger partial charge is 0.288 e. The van der Waals surface area contributed by atoms with E-state index in [-0.39, 0.29) is 5.76 Å². The molecule has 1 unspecified atom stereocenters. The van der Waals surface area contributed by atoms with E-state index in [9.17, 15) is 4.79 Å². The van der Waals surface area contributed by atoms with Crippen LogP contribution in [-0.2, 0) is 6.54 Å². The van der Waals surface area contributed by atoms with Crippen molar-refractivity contribution in [2.45, 2.75) is 16.5 Å². The molecule has 1 heterocycles. The minimum Gasteiger partial charge on any atom is -0.459 e. The molecule has 0 radical (unpaired) electrons. The number of hydrogen-bond donors (Lipinski definition) is 2. The molecule has 112 valence electrons. The molecule has 0 fully saturated rings. The minimum absolute atomic E-state index is 0.149. The van der Waals surface area contributed by atoms with E-state index in [4.69, 9.17) is 39.2 Å². The number of carbonyl (C=O) groups is 1. The van der Waals surface area contributed by atoms with Crippen molar-refractivity contribution < 1.29 is 9.21 Å². The maximum absolute atomic E-state index is 12.0. The number of hydrogen-bond acceptors (Lipinski definition) is 3. The fourth-order valence-corrected chi connectivity index (χ4v) is 2.07. The van der Waals surface area contributed by atoms with Crippen molar-refractivity contribution >= 4 is 40.7 Å². The Bertz CT molecular complexity index is 568. The molecule has 2 N–H and O–H groups in total. The topological polar surface area (TPSA) is 54.3 Å². The lowest BCUT2D eigenvalue weighted by Gasteiger charge is -2.26. The molecule has 0 spiro atoms. The largest absolute Gasteiger partial charge is 0.459 e. The summed E-state index contributed by atoms with van der Waals surface area (Å²) in [6.07, 6.45) is 0.539. The molecule has 0 aliphatic carbocycles. The van der Waals surface area contributed by atoms with Gasteiger partial charge in [0.1, 0.15) is 6.17 Å². The van der Waals surface area contributed by atoms with Crippen molar-refractivity contribution in [3.05, 3.63) is 60.1 Å². The number of nitrogens with one attached hydrogen (secondary N) is 2. The first kappa shape index (κ1) is 16.2. The van der Waals surface area contributed by atoms with Crippen LogP contribution in [0.3, 0.4) is 0 Å². The summed E-state index contributed by atoms with van der Waals surface area (Å²) in [7, 11) is 0. The fraction of sp³-hybridized carbons (Fsp3) is 0.214. The molecule has 0 aliphatic heterocycles. The van der Waals surface area contributed by atoms with Crippen LogP contribution in [0.2, 0.25) is 0 Å². The highest BCUT2D eigenvalue weighted by molar-refractivity contribution is 6.68. The lowest BCUT2D eigenvalue weighted by atomic mass is 10.2. The second-order valence-electron chi connectivity index (χ2n) is 4.29. The molecule has 21 heavy (non-hydrogen) atoms. The zero-order valence-corrected chi connectivity index (χ0v) is 13.1. The molecule has 2 aromatic rings. The quantitative estimate of drug-likeness (QED) is 0.643. The fourth-order valence-electron chi connectivity index (χ4n) is 1.67. The molecule has 2 rings (SSSR count). The summed E-state index contributed by atoms with van der Waals surface area (Å²) in [5.74, 6) is -0.312. The summed E-state index contributed by atoms with van der Waals surface area (Å²) in [6.45, 7) is 0.442. The molecule has 7 heteroatoms. The molecule has 1 aromatic carbocycles. The predicted octanol–water partition coefficient (Wildman–Crippen LogP) is 3.50. The van der Waals surface area contributed by atoms with Gasteiger partial charge in [0.25, 0.3) is 5.91 Å². The summed E-state index contributed by atoms with van der Waals surface area (Å²) in [5, 5.41) is 5.59. The van der Waals surface area contributed by atoms with E-state index in [2.05, 4.69) is 10.6 Å². The van der Waals surface area contributed by atoms with Gasteiger partial charge in [-0.15, -0.1) is 0 Å². The van der Waals surface area contributed by atoms with Crippen LogP contribution in [0.25, 0.3) is 0 Å². The van der Waals surface area contributed by atoms with Crippen LogP contribution < -0.4 is 10.6 Å². The van der Waals surface area contributed by atoms with E-state index in [0.29, 0.717) is 6.54 Å². The van der Waals surface area contributed by atoms with Crippen LogP contribution in [0.1, 0.15) is 16.1 Å². The Labute approximate surface area is 137 Å². The van der Waals surface area contributed by atoms with Crippen molar-refractivity contribution in [3.63, 3.8) is 0 Å². The summed E-state index contributed by atoms with van der Waals surface area (Å²) in [5.41, 5.74) is 1.00. The van der Waals surface area contributed by atoms with Crippen LogP contribution in [-0.4, -0.2) is 15.9 Å². The third-order valence-electron chi connectivity index (χ3n) is 2.70. The summed E-state index contributed by atoms with van der Waals surface area (Å²) >= 11 is 17.7.